The van der Waals surface area contributed by atoms with E-state index in [0.29, 0.717) is 18.2 Å². The third kappa shape index (κ3) is 3.48. The molecule has 0 spiro atoms. The molecule has 0 saturated heterocycles. The Hall–Kier alpha value is -2.05. The predicted molar refractivity (Wildman–Crippen MR) is 96.1 cm³/mol. The lowest BCUT2D eigenvalue weighted by Gasteiger charge is -2.09. The molecule has 2 aromatic heterocycles. The third-order valence-electron chi connectivity index (χ3n) is 3.33. The zero-order valence-corrected chi connectivity index (χ0v) is 14.2. The molecule has 118 valence electrons. The first-order chi connectivity index (χ1) is 11.2. The van der Waals surface area contributed by atoms with Gasteiger partial charge in [-0.1, -0.05) is 41.6 Å². The van der Waals surface area contributed by atoms with E-state index in [0.717, 1.165) is 27.4 Å². The quantitative estimate of drug-likeness (QED) is 0.416. The van der Waals surface area contributed by atoms with Gasteiger partial charge in [-0.25, -0.2) is 14.6 Å². The summed E-state index contributed by atoms with van der Waals surface area (Å²) in [4.78, 5) is 9.11. The zero-order valence-electron chi connectivity index (χ0n) is 12.7. The first-order valence-corrected chi connectivity index (χ1v) is 8.68. The van der Waals surface area contributed by atoms with Gasteiger partial charge >= 0.3 is 0 Å². The Morgan fingerprint density at radius 2 is 2.09 bits per heavy atom. The molecule has 0 radical (unpaired) electrons. The second-order valence-corrected chi connectivity index (χ2v) is 6.10. The van der Waals surface area contributed by atoms with Crippen LogP contribution in [0.2, 0.25) is 5.02 Å². The van der Waals surface area contributed by atoms with E-state index in [4.69, 9.17) is 11.6 Å². The molecule has 5 nitrogen and oxygen atoms in total. The fourth-order valence-electron chi connectivity index (χ4n) is 2.21. The lowest BCUT2D eigenvalue weighted by molar-refractivity contribution is 0.715. The highest BCUT2D eigenvalue weighted by molar-refractivity contribution is 7.98. The highest BCUT2D eigenvalue weighted by Gasteiger charge is 2.12. The van der Waals surface area contributed by atoms with Gasteiger partial charge in [0, 0.05) is 11.6 Å². The summed E-state index contributed by atoms with van der Waals surface area (Å²) >= 11 is 7.42. The van der Waals surface area contributed by atoms with Gasteiger partial charge in [0.15, 0.2) is 10.8 Å². The van der Waals surface area contributed by atoms with Gasteiger partial charge in [0.25, 0.3) is 0 Å². The first-order valence-electron chi connectivity index (χ1n) is 7.08. The maximum atomic E-state index is 5.92. The molecule has 0 unspecified atom stereocenters. The van der Waals surface area contributed by atoms with Crippen LogP contribution < -0.4 is 5.32 Å². The van der Waals surface area contributed by atoms with E-state index in [1.165, 1.54) is 11.8 Å². The number of hydrogen-bond acceptors (Lipinski definition) is 5. The fraction of sp³-hybridized carbons (Fsp3) is 0.188. The second kappa shape index (κ2) is 7.02. The molecule has 0 atom stereocenters. The molecule has 1 N–H and O–H groups in total. The predicted octanol–water partition coefficient (Wildman–Crippen LogP) is 4.00. The van der Waals surface area contributed by atoms with Crippen molar-refractivity contribution in [1.82, 2.24) is 19.7 Å². The average molecular weight is 346 g/mol. The number of aromatic nitrogens is 4. The summed E-state index contributed by atoms with van der Waals surface area (Å²) in [6.07, 6.45) is 5.54. The Balaban J connectivity index is 1.92. The van der Waals surface area contributed by atoms with E-state index in [-0.39, 0.29) is 0 Å². The van der Waals surface area contributed by atoms with E-state index < -0.39 is 0 Å². The summed E-state index contributed by atoms with van der Waals surface area (Å²) in [5.41, 5.74) is 1.94. The normalized spacial score (nSPS) is 10.9. The Bertz CT molecular complexity index is 828. The molecule has 0 saturated carbocycles. The third-order valence-corrected chi connectivity index (χ3v) is 4.13. The number of allylic oxidation sites excluding steroid dienone is 1. The lowest BCUT2D eigenvalue weighted by atomic mass is 10.2. The molecule has 1 aromatic carbocycles. The Labute approximate surface area is 143 Å². The molecule has 0 aliphatic carbocycles. The molecule has 2 heterocycles. The van der Waals surface area contributed by atoms with Gasteiger partial charge in [0.05, 0.1) is 18.1 Å². The maximum Gasteiger partial charge on any atom is 0.191 e. The number of thioether (sulfide) groups is 1. The van der Waals surface area contributed by atoms with E-state index in [1.54, 1.807) is 12.3 Å². The minimum absolute atomic E-state index is 0.616. The molecule has 0 fully saturated rings. The molecule has 3 rings (SSSR count). The molecular formula is C16H16ClN5S. The standard InChI is InChI=1S/C16H16ClN5S/c1-3-8-22-15-13(10-19-22)14(20-16(21-15)23-2)18-9-11-4-6-12(17)7-5-11/h3-7,10H,1,8-9H2,2H3,(H,18,20,21). The summed E-state index contributed by atoms with van der Waals surface area (Å²) in [6.45, 7) is 5.03. The van der Waals surface area contributed by atoms with E-state index >= 15 is 0 Å². The van der Waals surface area contributed by atoms with Crippen LogP contribution >= 0.6 is 23.4 Å². The molecule has 0 bridgehead atoms. The summed E-state index contributed by atoms with van der Waals surface area (Å²) in [7, 11) is 0. The SMILES string of the molecule is C=CCn1ncc2c(NCc3ccc(Cl)cc3)nc(SC)nc21. The van der Waals surface area contributed by atoms with Crippen molar-refractivity contribution >= 4 is 40.2 Å². The summed E-state index contributed by atoms with van der Waals surface area (Å²) < 4.78 is 1.82. The van der Waals surface area contributed by atoms with Crippen molar-refractivity contribution in [3.8, 4) is 0 Å². The van der Waals surface area contributed by atoms with Crippen LogP contribution in [0.15, 0.2) is 48.3 Å². The Morgan fingerprint density at radius 1 is 1.30 bits per heavy atom. The zero-order chi connectivity index (χ0) is 16.2. The number of rotatable bonds is 6. The number of halogens is 1. The van der Waals surface area contributed by atoms with Crippen LogP contribution in [0.1, 0.15) is 5.56 Å². The minimum Gasteiger partial charge on any atom is -0.365 e. The van der Waals surface area contributed by atoms with Crippen molar-refractivity contribution in [2.45, 2.75) is 18.2 Å². The Morgan fingerprint density at radius 3 is 2.78 bits per heavy atom. The Kier molecular flexibility index (Phi) is 4.83. The molecule has 23 heavy (non-hydrogen) atoms. The smallest absolute Gasteiger partial charge is 0.191 e. The summed E-state index contributed by atoms with van der Waals surface area (Å²) in [6, 6.07) is 7.74. The number of benzene rings is 1. The van der Waals surface area contributed by atoms with Crippen LogP contribution in [0, 0.1) is 0 Å². The number of nitrogens with zero attached hydrogens (tertiary/aromatic N) is 4. The monoisotopic (exact) mass is 345 g/mol. The largest absolute Gasteiger partial charge is 0.365 e. The van der Waals surface area contributed by atoms with E-state index in [9.17, 15) is 0 Å². The topological polar surface area (TPSA) is 55.6 Å². The van der Waals surface area contributed by atoms with Crippen LogP contribution in [0.3, 0.4) is 0 Å². The van der Waals surface area contributed by atoms with Crippen LogP contribution in [0.4, 0.5) is 5.82 Å². The van der Waals surface area contributed by atoms with Gasteiger partial charge in [0.1, 0.15) is 5.82 Å². The fourth-order valence-corrected chi connectivity index (χ4v) is 2.69. The molecule has 0 aliphatic rings. The number of nitrogens with one attached hydrogen (secondary N) is 1. The van der Waals surface area contributed by atoms with Crippen LogP contribution in [0.5, 0.6) is 0 Å². The number of anilines is 1. The van der Waals surface area contributed by atoms with Crippen molar-refractivity contribution in [3.63, 3.8) is 0 Å². The van der Waals surface area contributed by atoms with Crippen LogP contribution in [-0.2, 0) is 13.1 Å². The first kappa shape index (κ1) is 15.8. The van der Waals surface area contributed by atoms with Gasteiger partial charge in [-0.05, 0) is 24.0 Å². The van der Waals surface area contributed by atoms with Crippen molar-refractivity contribution in [2.75, 3.05) is 11.6 Å². The van der Waals surface area contributed by atoms with Gasteiger partial charge < -0.3 is 5.32 Å². The van der Waals surface area contributed by atoms with Gasteiger partial charge in [0.2, 0.25) is 0 Å². The summed E-state index contributed by atoms with van der Waals surface area (Å²) in [5.74, 6) is 0.782. The molecule has 7 heteroatoms. The van der Waals surface area contributed by atoms with Crippen molar-refractivity contribution in [1.29, 1.82) is 0 Å². The van der Waals surface area contributed by atoms with E-state index in [2.05, 4.69) is 27.0 Å². The average Bonchev–Trinajstić information content (AvgIpc) is 2.97. The summed E-state index contributed by atoms with van der Waals surface area (Å²) in [5, 5.41) is 10.1. The van der Waals surface area contributed by atoms with Crippen molar-refractivity contribution < 1.29 is 0 Å². The minimum atomic E-state index is 0.616. The van der Waals surface area contributed by atoms with Crippen LogP contribution in [0.25, 0.3) is 11.0 Å². The van der Waals surface area contributed by atoms with Crippen molar-refractivity contribution in [2.24, 2.45) is 0 Å². The van der Waals surface area contributed by atoms with Crippen LogP contribution in [-0.4, -0.2) is 26.0 Å². The van der Waals surface area contributed by atoms with Crippen molar-refractivity contribution in [3.05, 3.63) is 53.7 Å². The molecule has 3 aromatic rings. The van der Waals surface area contributed by atoms with Gasteiger partial charge in [-0.15, -0.1) is 6.58 Å². The second-order valence-electron chi connectivity index (χ2n) is 4.89. The highest BCUT2D eigenvalue weighted by Crippen LogP contribution is 2.24. The maximum absolute atomic E-state index is 5.92. The highest BCUT2D eigenvalue weighted by atomic mass is 35.5. The molecule has 0 amide bonds. The molecular weight excluding hydrogens is 330 g/mol. The lowest BCUT2D eigenvalue weighted by Crippen LogP contribution is -2.05. The number of hydrogen-bond donors (Lipinski definition) is 1. The van der Waals surface area contributed by atoms with Gasteiger partial charge in [-0.3, -0.25) is 0 Å². The van der Waals surface area contributed by atoms with E-state index in [1.807, 2.05) is 35.2 Å². The molecule has 0 aliphatic heterocycles. The number of fused-ring (bicyclic) bond motifs is 1. The van der Waals surface area contributed by atoms with Gasteiger partial charge in [-0.2, -0.15) is 5.10 Å².